The minimum atomic E-state index is -3.61. The van der Waals surface area contributed by atoms with Crippen LogP contribution in [-0.2, 0) is 24.3 Å². The predicted molar refractivity (Wildman–Crippen MR) is 106 cm³/mol. The lowest BCUT2D eigenvalue weighted by Gasteiger charge is -2.23. The Bertz CT molecular complexity index is 711. The molecule has 0 bridgehead atoms. The van der Waals surface area contributed by atoms with Gasteiger partial charge in [-0.2, -0.15) is 0 Å². The van der Waals surface area contributed by atoms with Crippen molar-refractivity contribution >= 4 is 39.7 Å². The van der Waals surface area contributed by atoms with Crippen LogP contribution >= 0.6 is 12.4 Å². The zero-order valence-corrected chi connectivity index (χ0v) is 17.0. The van der Waals surface area contributed by atoms with Crippen LogP contribution in [0.2, 0.25) is 0 Å². The first-order valence-corrected chi connectivity index (χ1v) is 9.86. The Morgan fingerprint density at radius 3 is 2.78 bits per heavy atom. The van der Waals surface area contributed by atoms with Gasteiger partial charge < -0.3 is 25.4 Å². The van der Waals surface area contributed by atoms with Gasteiger partial charge in [-0.15, -0.1) is 12.4 Å². The lowest BCUT2D eigenvalue weighted by atomic mass is 10.2. The van der Waals surface area contributed by atoms with E-state index in [1.165, 1.54) is 19.2 Å². The Hall–Kier alpha value is -1.43. The average Bonchev–Trinajstić information content (AvgIpc) is 2.63. The lowest BCUT2D eigenvalue weighted by Crippen LogP contribution is -2.43. The first-order chi connectivity index (χ1) is 12.5. The Morgan fingerprint density at radius 2 is 2.15 bits per heavy atom. The van der Waals surface area contributed by atoms with Gasteiger partial charge in [0.05, 0.1) is 36.1 Å². The van der Waals surface area contributed by atoms with Gasteiger partial charge in [0.1, 0.15) is 0 Å². The first kappa shape index (κ1) is 23.6. The number of ether oxygens (including phenoxy) is 2. The van der Waals surface area contributed by atoms with Crippen molar-refractivity contribution in [3.8, 4) is 0 Å². The maximum absolute atomic E-state index is 12.4. The number of carbonyl (C=O) groups excluding carboxylic acids is 1. The zero-order valence-electron chi connectivity index (χ0n) is 15.4. The predicted octanol–water partition coefficient (Wildman–Crippen LogP) is 0.392. The van der Waals surface area contributed by atoms with E-state index in [0.29, 0.717) is 44.3 Å². The quantitative estimate of drug-likeness (QED) is 0.425. The first-order valence-electron chi connectivity index (χ1n) is 8.37. The molecule has 1 amide bonds. The molecule has 0 radical (unpaired) electrons. The summed E-state index contributed by atoms with van der Waals surface area (Å²) in [7, 11) is -0.682. The SMILES string of the molecule is CNS(=O)(=O)c1ccc(NCCOC)c(NC(=O)CC2COCCN2)c1.Cl. The van der Waals surface area contributed by atoms with Crippen molar-refractivity contribution in [2.45, 2.75) is 17.4 Å². The molecule has 11 heteroatoms. The summed E-state index contributed by atoms with van der Waals surface area (Å²) < 4.78 is 36.7. The number of nitrogens with one attached hydrogen (secondary N) is 4. The van der Waals surface area contributed by atoms with E-state index in [1.54, 1.807) is 13.2 Å². The number of halogens is 1. The highest BCUT2D eigenvalue weighted by Gasteiger charge is 2.19. The molecule has 1 aliphatic heterocycles. The maximum atomic E-state index is 12.4. The van der Waals surface area contributed by atoms with Crippen LogP contribution in [0, 0.1) is 0 Å². The molecule has 1 fully saturated rings. The van der Waals surface area contributed by atoms with Crippen LogP contribution in [0.5, 0.6) is 0 Å². The van der Waals surface area contributed by atoms with Crippen molar-refractivity contribution in [3.63, 3.8) is 0 Å². The van der Waals surface area contributed by atoms with E-state index in [-0.39, 0.29) is 35.7 Å². The fourth-order valence-electron chi connectivity index (χ4n) is 2.53. The van der Waals surface area contributed by atoms with Gasteiger partial charge in [-0.25, -0.2) is 13.1 Å². The number of rotatable bonds is 9. The van der Waals surface area contributed by atoms with Gasteiger partial charge in [0.15, 0.2) is 0 Å². The van der Waals surface area contributed by atoms with E-state index < -0.39 is 10.0 Å². The van der Waals surface area contributed by atoms with Crippen LogP contribution in [-0.4, -0.2) is 67.4 Å². The number of sulfonamides is 1. The highest BCUT2D eigenvalue weighted by atomic mass is 35.5. The number of anilines is 2. The number of morpholine rings is 1. The van der Waals surface area contributed by atoms with Gasteiger partial charge in [0.25, 0.3) is 0 Å². The third-order valence-corrected chi connectivity index (χ3v) is 5.31. The number of hydrogen-bond donors (Lipinski definition) is 4. The summed E-state index contributed by atoms with van der Waals surface area (Å²) in [5, 5.41) is 9.13. The fraction of sp³-hybridized carbons (Fsp3) is 0.562. The summed E-state index contributed by atoms with van der Waals surface area (Å²) in [6, 6.07) is 4.48. The third kappa shape index (κ3) is 7.24. The zero-order chi connectivity index (χ0) is 19.0. The minimum absolute atomic E-state index is 0. The number of carbonyl (C=O) groups is 1. The highest BCUT2D eigenvalue weighted by molar-refractivity contribution is 7.89. The van der Waals surface area contributed by atoms with Crippen LogP contribution in [0.15, 0.2) is 23.1 Å². The number of benzene rings is 1. The molecule has 1 atom stereocenters. The number of amides is 1. The maximum Gasteiger partial charge on any atom is 0.240 e. The number of methoxy groups -OCH3 is 1. The summed E-state index contributed by atoms with van der Waals surface area (Å²) in [5.74, 6) is -0.221. The highest BCUT2D eigenvalue weighted by Crippen LogP contribution is 2.26. The van der Waals surface area contributed by atoms with E-state index in [4.69, 9.17) is 9.47 Å². The summed E-state index contributed by atoms with van der Waals surface area (Å²) in [6.07, 6.45) is 0.237. The molecule has 1 unspecified atom stereocenters. The van der Waals surface area contributed by atoms with Crippen molar-refractivity contribution in [3.05, 3.63) is 18.2 Å². The van der Waals surface area contributed by atoms with Crippen LogP contribution in [0.3, 0.4) is 0 Å². The third-order valence-electron chi connectivity index (χ3n) is 3.90. The molecule has 1 saturated heterocycles. The van der Waals surface area contributed by atoms with E-state index in [9.17, 15) is 13.2 Å². The second-order valence-corrected chi connectivity index (χ2v) is 7.70. The molecule has 1 aromatic rings. The van der Waals surface area contributed by atoms with E-state index >= 15 is 0 Å². The summed E-state index contributed by atoms with van der Waals surface area (Å²) in [4.78, 5) is 12.4. The van der Waals surface area contributed by atoms with Crippen molar-refractivity contribution in [1.82, 2.24) is 10.0 Å². The summed E-state index contributed by atoms with van der Waals surface area (Å²) >= 11 is 0. The molecule has 2 rings (SSSR count). The smallest absolute Gasteiger partial charge is 0.240 e. The largest absolute Gasteiger partial charge is 0.383 e. The topological polar surface area (TPSA) is 118 Å². The molecule has 0 aliphatic carbocycles. The van der Waals surface area contributed by atoms with E-state index in [1.807, 2.05) is 0 Å². The average molecular weight is 423 g/mol. The lowest BCUT2D eigenvalue weighted by molar-refractivity contribution is -0.117. The van der Waals surface area contributed by atoms with E-state index in [0.717, 1.165) is 0 Å². The second kappa shape index (κ2) is 11.4. The molecular weight excluding hydrogens is 396 g/mol. The van der Waals surface area contributed by atoms with Gasteiger partial charge >= 0.3 is 0 Å². The van der Waals surface area contributed by atoms with Gasteiger partial charge in [0.2, 0.25) is 15.9 Å². The van der Waals surface area contributed by atoms with Crippen molar-refractivity contribution in [2.75, 3.05) is 57.7 Å². The number of hydrogen-bond acceptors (Lipinski definition) is 7. The molecule has 0 spiro atoms. The molecule has 27 heavy (non-hydrogen) atoms. The fourth-order valence-corrected chi connectivity index (χ4v) is 3.29. The van der Waals surface area contributed by atoms with Crippen molar-refractivity contribution in [2.24, 2.45) is 0 Å². The molecular formula is C16H27ClN4O5S. The Labute approximate surface area is 166 Å². The van der Waals surface area contributed by atoms with Gasteiger partial charge in [-0.05, 0) is 25.2 Å². The molecule has 0 aromatic heterocycles. The van der Waals surface area contributed by atoms with E-state index in [2.05, 4.69) is 20.7 Å². The normalized spacial score (nSPS) is 17.0. The second-order valence-electron chi connectivity index (χ2n) is 5.81. The van der Waals surface area contributed by atoms with Gasteiger partial charge in [-0.1, -0.05) is 0 Å². The van der Waals surface area contributed by atoms with Gasteiger partial charge in [0, 0.05) is 32.7 Å². The summed E-state index contributed by atoms with van der Waals surface area (Å²) in [5.41, 5.74) is 1.03. The molecule has 0 saturated carbocycles. The molecule has 1 aromatic carbocycles. The summed E-state index contributed by atoms with van der Waals surface area (Å²) in [6.45, 7) is 2.82. The van der Waals surface area contributed by atoms with Gasteiger partial charge in [-0.3, -0.25) is 4.79 Å². The molecule has 4 N–H and O–H groups in total. The molecule has 9 nitrogen and oxygen atoms in total. The monoisotopic (exact) mass is 422 g/mol. The van der Waals surface area contributed by atoms with Crippen LogP contribution < -0.4 is 20.7 Å². The van der Waals surface area contributed by atoms with Crippen LogP contribution in [0.4, 0.5) is 11.4 Å². The van der Waals surface area contributed by atoms with Crippen molar-refractivity contribution in [1.29, 1.82) is 0 Å². The molecule has 154 valence electrons. The standard InChI is InChI=1S/C16H26N4O5S.ClH/c1-17-26(22,23)13-3-4-14(19-5-7-24-2)15(10-13)20-16(21)9-12-11-25-8-6-18-12;/h3-4,10,12,17-19H,5-9,11H2,1-2H3,(H,20,21);1H. The minimum Gasteiger partial charge on any atom is -0.383 e. The Kier molecular flexibility index (Phi) is 9.99. The van der Waals surface area contributed by atoms with Crippen molar-refractivity contribution < 1.29 is 22.7 Å². The Balaban J connectivity index is 0.00000364. The Morgan fingerprint density at radius 1 is 1.37 bits per heavy atom. The molecule has 1 aliphatic rings. The van der Waals surface area contributed by atoms with Crippen LogP contribution in [0.25, 0.3) is 0 Å². The molecule has 1 heterocycles. The van der Waals surface area contributed by atoms with Crippen LogP contribution in [0.1, 0.15) is 6.42 Å².